The highest BCUT2D eigenvalue weighted by Crippen LogP contribution is 2.26. The molecule has 6 heteroatoms. The summed E-state index contributed by atoms with van der Waals surface area (Å²) in [7, 11) is 0. The summed E-state index contributed by atoms with van der Waals surface area (Å²) in [5.41, 5.74) is 2.04. The van der Waals surface area contributed by atoms with E-state index in [0.717, 1.165) is 16.3 Å². The molecule has 0 bridgehead atoms. The first-order valence-corrected chi connectivity index (χ1v) is 9.42. The van der Waals surface area contributed by atoms with Gasteiger partial charge < -0.3 is 5.32 Å². The van der Waals surface area contributed by atoms with Crippen molar-refractivity contribution in [1.29, 1.82) is 0 Å². The first kappa shape index (κ1) is 17.7. The predicted molar refractivity (Wildman–Crippen MR) is 104 cm³/mol. The van der Waals surface area contributed by atoms with E-state index in [1.54, 1.807) is 28.2 Å². The van der Waals surface area contributed by atoms with Crippen molar-refractivity contribution in [2.24, 2.45) is 5.92 Å². The zero-order valence-electron chi connectivity index (χ0n) is 14.4. The monoisotopic (exact) mass is 373 g/mol. The quantitative estimate of drug-likeness (QED) is 0.681. The van der Waals surface area contributed by atoms with Gasteiger partial charge in [0.25, 0.3) is 5.91 Å². The highest BCUT2D eigenvalue weighted by molar-refractivity contribution is 7.13. The number of amides is 1. The minimum absolute atomic E-state index is 0.0698. The van der Waals surface area contributed by atoms with Gasteiger partial charge in [-0.1, -0.05) is 37.6 Å². The molecule has 0 aliphatic carbocycles. The first-order valence-electron chi connectivity index (χ1n) is 8.16. The number of rotatable bonds is 5. The Morgan fingerprint density at radius 3 is 2.64 bits per heavy atom. The van der Waals surface area contributed by atoms with Gasteiger partial charge in [-0.25, -0.2) is 4.68 Å². The number of halogens is 1. The van der Waals surface area contributed by atoms with Crippen LogP contribution in [0, 0.1) is 5.92 Å². The number of benzene rings is 1. The fraction of sp³-hybridized carbons (Fsp3) is 0.263. The van der Waals surface area contributed by atoms with E-state index in [1.807, 2.05) is 42.6 Å². The van der Waals surface area contributed by atoms with Gasteiger partial charge in [0.15, 0.2) is 0 Å². The van der Waals surface area contributed by atoms with Crippen LogP contribution in [-0.2, 0) is 0 Å². The Balaban J connectivity index is 2.04. The number of aromatic nitrogens is 2. The Morgan fingerprint density at radius 1 is 1.20 bits per heavy atom. The molecule has 0 saturated heterocycles. The summed E-state index contributed by atoms with van der Waals surface area (Å²) in [4.78, 5) is 13.8. The van der Waals surface area contributed by atoms with Gasteiger partial charge >= 0.3 is 0 Å². The molecule has 2 heterocycles. The zero-order chi connectivity index (χ0) is 18.0. The minimum atomic E-state index is -0.142. The van der Waals surface area contributed by atoms with Crippen LogP contribution in [-0.4, -0.2) is 21.7 Å². The second-order valence-corrected chi connectivity index (χ2v) is 7.67. The van der Waals surface area contributed by atoms with E-state index in [0.29, 0.717) is 16.6 Å². The molecule has 0 spiro atoms. The molecule has 2 aromatic heterocycles. The van der Waals surface area contributed by atoms with Crippen molar-refractivity contribution in [3.05, 3.63) is 58.6 Å². The third kappa shape index (κ3) is 3.94. The molecular weight excluding hydrogens is 354 g/mol. The minimum Gasteiger partial charge on any atom is -0.348 e. The Labute approximate surface area is 156 Å². The van der Waals surface area contributed by atoms with Gasteiger partial charge in [0.05, 0.1) is 10.6 Å². The van der Waals surface area contributed by atoms with Crippen LogP contribution < -0.4 is 5.32 Å². The predicted octanol–water partition coefficient (Wildman–Crippen LogP) is 5.03. The average Bonchev–Trinajstić information content (AvgIpc) is 3.24. The Bertz CT molecular complexity index is 871. The van der Waals surface area contributed by atoms with Crippen LogP contribution >= 0.6 is 22.9 Å². The number of hydrogen-bond acceptors (Lipinski definition) is 3. The number of nitrogens with zero attached hydrogens (tertiary/aromatic N) is 2. The number of thiophene rings is 1. The van der Waals surface area contributed by atoms with Gasteiger partial charge in [-0.05, 0) is 48.6 Å². The summed E-state index contributed by atoms with van der Waals surface area (Å²) in [6.45, 7) is 6.16. The maximum Gasteiger partial charge on any atom is 0.270 e. The second kappa shape index (κ2) is 7.42. The van der Waals surface area contributed by atoms with Gasteiger partial charge in [-0.3, -0.25) is 4.79 Å². The normalized spacial score (nSPS) is 12.4. The van der Waals surface area contributed by atoms with Crippen molar-refractivity contribution in [2.75, 3.05) is 0 Å². The van der Waals surface area contributed by atoms with Crippen LogP contribution in [0.25, 0.3) is 16.3 Å². The van der Waals surface area contributed by atoms with Crippen LogP contribution in [0.3, 0.4) is 0 Å². The number of nitrogens with one attached hydrogen (secondary N) is 1. The molecule has 25 heavy (non-hydrogen) atoms. The van der Waals surface area contributed by atoms with Gasteiger partial charge in [0.1, 0.15) is 11.4 Å². The molecule has 1 aromatic carbocycles. The summed E-state index contributed by atoms with van der Waals surface area (Å²) >= 11 is 7.71. The Hall–Kier alpha value is -2.11. The molecule has 3 rings (SSSR count). The van der Waals surface area contributed by atoms with Crippen LogP contribution in [0.2, 0.25) is 5.02 Å². The van der Waals surface area contributed by atoms with Crippen LogP contribution in [0.4, 0.5) is 0 Å². The summed E-state index contributed by atoms with van der Waals surface area (Å²) in [5, 5.41) is 10.3. The van der Waals surface area contributed by atoms with E-state index in [2.05, 4.69) is 24.3 Å². The molecule has 1 atom stereocenters. The van der Waals surface area contributed by atoms with E-state index < -0.39 is 0 Å². The topological polar surface area (TPSA) is 46.9 Å². The molecule has 0 unspecified atom stereocenters. The van der Waals surface area contributed by atoms with Crippen LogP contribution in [0.5, 0.6) is 0 Å². The fourth-order valence-electron chi connectivity index (χ4n) is 2.34. The maximum absolute atomic E-state index is 12.8. The van der Waals surface area contributed by atoms with E-state index in [4.69, 9.17) is 11.6 Å². The lowest BCUT2D eigenvalue weighted by atomic mass is 10.1. The third-order valence-electron chi connectivity index (χ3n) is 4.13. The fourth-order valence-corrected chi connectivity index (χ4v) is 3.21. The van der Waals surface area contributed by atoms with Crippen LogP contribution in [0.15, 0.2) is 47.8 Å². The van der Waals surface area contributed by atoms with E-state index in [1.165, 1.54) is 0 Å². The highest BCUT2D eigenvalue weighted by atomic mass is 35.5. The number of carbonyl (C=O) groups is 1. The summed E-state index contributed by atoms with van der Waals surface area (Å²) in [6, 6.07) is 13.2. The second-order valence-electron chi connectivity index (χ2n) is 6.29. The molecule has 1 N–H and O–H groups in total. The van der Waals surface area contributed by atoms with Crippen LogP contribution in [0.1, 0.15) is 31.3 Å². The van der Waals surface area contributed by atoms with Crippen molar-refractivity contribution < 1.29 is 4.79 Å². The maximum atomic E-state index is 12.8. The van der Waals surface area contributed by atoms with E-state index in [-0.39, 0.29) is 11.9 Å². The van der Waals surface area contributed by atoms with Crippen molar-refractivity contribution in [3.8, 4) is 16.3 Å². The molecule has 0 aliphatic heterocycles. The van der Waals surface area contributed by atoms with E-state index >= 15 is 0 Å². The summed E-state index contributed by atoms with van der Waals surface area (Å²) in [6.07, 6.45) is 0. The molecule has 0 radical (unpaired) electrons. The smallest absolute Gasteiger partial charge is 0.270 e. The van der Waals surface area contributed by atoms with Gasteiger partial charge in [-0.15, -0.1) is 11.3 Å². The molecule has 0 saturated carbocycles. The standard InChI is InChI=1S/C19H20ClN3OS/c1-12(2)13(3)21-19(24)17-11-16(18-8-5-9-25-18)22-23(17)15-7-4-6-14(20)10-15/h4-13H,1-3H3,(H,21,24)/t13-/m0/s1. The lowest BCUT2D eigenvalue weighted by molar-refractivity contribution is 0.0922. The Morgan fingerprint density at radius 2 is 2.00 bits per heavy atom. The van der Waals surface area contributed by atoms with Gasteiger partial charge in [-0.2, -0.15) is 5.10 Å². The molecule has 130 valence electrons. The molecular formula is C19H20ClN3OS. The Kier molecular flexibility index (Phi) is 5.25. The summed E-state index contributed by atoms with van der Waals surface area (Å²) in [5.74, 6) is 0.208. The highest BCUT2D eigenvalue weighted by Gasteiger charge is 2.20. The molecule has 0 aliphatic rings. The molecule has 4 nitrogen and oxygen atoms in total. The number of hydrogen-bond donors (Lipinski definition) is 1. The lowest BCUT2D eigenvalue weighted by Gasteiger charge is -2.17. The largest absolute Gasteiger partial charge is 0.348 e. The first-order chi connectivity index (χ1) is 12.0. The van der Waals surface area contributed by atoms with Crippen molar-refractivity contribution >= 4 is 28.8 Å². The number of carbonyl (C=O) groups excluding carboxylic acids is 1. The SMILES string of the molecule is CC(C)[C@H](C)NC(=O)c1cc(-c2cccs2)nn1-c1cccc(Cl)c1. The average molecular weight is 374 g/mol. The lowest BCUT2D eigenvalue weighted by Crippen LogP contribution is -2.37. The zero-order valence-corrected chi connectivity index (χ0v) is 15.9. The van der Waals surface area contributed by atoms with Crippen molar-refractivity contribution in [2.45, 2.75) is 26.8 Å². The molecule has 0 fully saturated rings. The summed E-state index contributed by atoms with van der Waals surface area (Å²) < 4.78 is 1.66. The van der Waals surface area contributed by atoms with Crippen molar-refractivity contribution in [3.63, 3.8) is 0 Å². The van der Waals surface area contributed by atoms with Crippen molar-refractivity contribution in [1.82, 2.24) is 15.1 Å². The molecule has 1 amide bonds. The molecule has 3 aromatic rings. The van der Waals surface area contributed by atoms with Gasteiger partial charge in [0, 0.05) is 11.1 Å². The van der Waals surface area contributed by atoms with Gasteiger partial charge in [0.2, 0.25) is 0 Å². The van der Waals surface area contributed by atoms with E-state index in [9.17, 15) is 4.79 Å². The third-order valence-corrected chi connectivity index (χ3v) is 5.25.